The van der Waals surface area contributed by atoms with E-state index in [2.05, 4.69) is 0 Å². The van der Waals surface area contributed by atoms with Crippen LogP contribution in [0.4, 0.5) is 4.39 Å². The SMILES string of the molecule is CC(C)(C)Oc1cccc(CC(N)C(O)c2ccc(F)cc2)c1. The molecule has 0 fully saturated rings. The quantitative estimate of drug-likeness (QED) is 0.886. The average Bonchev–Trinajstić information content (AvgIpc) is 2.46. The van der Waals surface area contributed by atoms with Gasteiger partial charge in [-0.15, -0.1) is 0 Å². The predicted octanol–water partition coefficient (Wildman–Crippen LogP) is 3.61. The van der Waals surface area contributed by atoms with Gasteiger partial charge in [-0.25, -0.2) is 4.39 Å². The Kier molecular flexibility index (Phi) is 5.39. The molecule has 124 valence electrons. The number of halogens is 1. The fourth-order valence-electron chi connectivity index (χ4n) is 2.38. The Bertz CT molecular complexity index is 635. The third-order valence-corrected chi connectivity index (χ3v) is 3.41. The van der Waals surface area contributed by atoms with E-state index in [1.54, 1.807) is 12.1 Å². The molecule has 2 atom stereocenters. The molecule has 4 heteroatoms. The maximum atomic E-state index is 13.0. The van der Waals surface area contributed by atoms with E-state index in [1.807, 2.05) is 45.0 Å². The van der Waals surface area contributed by atoms with Gasteiger partial charge in [0.15, 0.2) is 0 Å². The van der Waals surface area contributed by atoms with Crippen LogP contribution in [0, 0.1) is 5.82 Å². The second-order valence-corrected chi connectivity index (χ2v) is 6.73. The van der Waals surface area contributed by atoms with Gasteiger partial charge in [0.1, 0.15) is 17.2 Å². The van der Waals surface area contributed by atoms with Crippen LogP contribution >= 0.6 is 0 Å². The van der Waals surface area contributed by atoms with Crippen LogP contribution in [0.25, 0.3) is 0 Å². The van der Waals surface area contributed by atoms with Gasteiger partial charge in [0, 0.05) is 6.04 Å². The van der Waals surface area contributed by atoms with Crippen molar-refractivity contribution < 1.29 is 14.2 Å². The number of aliphatic hydroxyl groups excluding tert-OH is 1. The van der Waals surface area contributed by atoms with E-state index in [0.29, 0.717) is 12.0 Å². The van der Waals surface area contributed by atoms with Crippen LogP contribution in [-0.4, -0.2) is 16.7 Å². The highest BCUT2D eigenvalue weighted by Gasteiger charge is 2.18. The molecule has 0 aliphatic rings. The van der Waals surface area contributed by atoms with Crippen molar-refractivity contribution in [2.75, 3.05) is 0 Å². The standard InChI is InChI=1S/C19H24FNO2/c1-19(2,3)23-16-6-4-5-13(11-16)12-17(21)18(22)14-7-9-15(20)10-8-14/h4-11,17-18,22H,12,21H2,1-3H3. The summed E-state index contributed by atoms with van der Waals surface area (Å²) in [5, 5.41) is 10.3. The molecule has 2 aromatic carbocycles. The van der Waals surface area contributed by atoms with Gasteiger partial charge in [0.2, 0.25) is 0 Å². The molecule has 0 bridgehead atoms. The molecular formula is C19H24FNO2. The Balaban J connectivity index is 2.06. The van der Waals surface area contributed by atoms with E-state index >= 15 is 0 Å². The van der Waals surface area contributed by atoms with Gasteiger partial charge < -0.3 is 15.6 Å². The number of hydrogen-bond donors (Lipinski definition) is 2. The number of benzene rings is 2. The third kappa shape index (κ3) is 5.34. The monoisotopic (exact) mass is 317 g/mol. The van der Waals surface area contributed by atoms with Crippen molar-refractivity contribution in [3.8, 4) is 5.75 Å². The molecule has 0 radical (unpaired) electrons. The van der Waals surface area contributed by atoms with Crippen LogP contribution in [0.3, 0.4) is 0 Å². The number of rotatable bonds is 5. The Labute approximate surface area is 136 Å². The lowest BCUT2D eigenvalue weighted by atomic mass is 9.97. The van der Waals surface area contributed by atoms with Gasteiger partial charge in [-0.3, -0.25) is 0 Å². The summed E-state index contributed by atoms with van der Waals surface area (Å²) in [5.74, 6) is 0.444. The van der Waals surface area contributed by atoms with Crippen molar-refractivity contribution in [3.63, 3.8) is 0 Å². The molecule has 0 aromatic heterocycles. The van der Waals surface area contributed by atoms with Gasteiger partial charge in [-0.05, 0) is 62.6 Å². The highest BCUT2D eigenvalue weighted by molar-refractivity contribution is 5.30. The highest BCUT2D eigenvalue weighted by atomic mass is 19.1. The molecule has 2 unspecified atom stereocenters. The number of ether oxygens (including phenoxy) is 1. The van der Waals surface area contributed by atoms with Crippen LogP contribution in [0.2, 0.25) is 0 Å². The topological polar surface area (TPSA) is 55.5 Å². The predicted molar refractivity (Wildman–Crippen MR) is 89.9 cm³/mol. The van der Waals surface area contributed by atoms with Gasteiger partial charge in [0.25, 0.3) is 0 Å². The molecule has 0 aliphatic heterocycles. The van der Waals surface area contributed by atoms with E-state index in [0.717, 1.165) is 11.3 Å². The lowest BCUT2D eigenvalue weighted by molar-refractivity contribution is 0.130. The second kappa shape index (κ2) is 7.11. The summed E-state index contributed by atoms with van der Waals surface area (Å²) in [6.07, 6.45) is -0.345. The number of aliphatic hydroxyl groups is 1. The number of hydrogen-bond acceptors (Lipinski definition) is 3. The molecule has 23 heavy (non-hydrogen) atoms. The lowest BCUT2D eigenvalue weighted by Crippen LogP contribution is -2.30. The average molecular weight is 317 g/mol. The molecule has 0 amide bonds. The van der Waals surface area contributed by atoms with E-state index < -0.39 is 12.1 Å². The molecular weight excluding hydrogens is 293 g/mol. The fourth-order valence-corrected chi connectivity index (χ4v) is 2.38. The first kappa shape index (κ1) is 17.4. The maximum absolute atomic E-state index is 13.0. The van der Waals surface area contributed by atoms with E-state index in [4.69, 9.17) is 10.5 Å². The van der Waals surface area contributed by atoms with Crippen molar-refractivity contribution >= 4 is 0 Å². The largest absolute Gasteiger partial charge is 0.488 e. The summed E-state index contributed by atoms with van der Waals surface area (Å²) in [4.78, 5) is 0. The van der Waals surface area contributed by atoms with Crippen LogP contribution in [0.5, 0.6) is 5.75 Å². The summed E-state index contributed by atoms with van der Waals surface area (Å²) in [5.41, 5.74) is 7.44. The molecule has 3 N–H and O–H groups in total. The number of nitrogens with two attached hydrogens (primary N) is 1. The molecule has 2 aromatic rings. The first-order valence-electron chi connectivity index (χ1n) is 7.72. The van der Waals surface area contributed by atoms with Crippen LogP contribution in [0.15, 0.2) is 48.5 Å². The summed E-state index contributed by atoms with van der Waals surface area (Å²) >= 11 is 0. The third-order valence-electron chi connectivity index (χ3n) is 3.41. The molecule has 0 aliphatic carbocycles. The minimum atomic E-state index is -0.845. The second-order valence-electron chi connectivity index (χ2n) is 6.73. The van der Waals surface area contributed by atoms with Crippen molar-refractivity contribution in [2.45, 2.75) is 44.9 Å². The van der Waals surface area contributed by atoms with Crippen LogP contribution in [0.1, 0.15) is 38.0 Å². The molecule has 0 heterocycles. The Morgan fingerprint density at radius 3 is 2.39 bits per heavy atom. The zero-order valence-corrected chi connectivity index (χ0v) is 13.8. The fraction of sp³-hybridized carbons (Fsp3) is 0.368. The molecule has 0 saturated carbocycles. The van der Waals surface area contributed by atoms with Gasteiger partial charge in [-0.2, -0.15) is 0 Å². The minimum absolute atomic E-state index is 0.269. The first-order valence-corrected chi connectivity index (χ1v) is 7.72. The Morgan fingerprint density at radius 1 is 1.13 bits per heavy atom. The van der Waals surface area contributed by atoms with Crippen molar-refractivity contribution in [1.29, 1.82) is 0 Å². The zero-order valence-electron chi connectivity index (χ0n) is 13.8. The first-order chi connectivity index (χ1) is 10.7. The molecule has 0 spiro atoms. The zero-order chi connectivity index (χ0) is 17.0. The van der Waals surface area contributed by atoms with E-state index in [1.165, 1.54) is 12.1 Å². The summed E-state index contributed by atoms with van der Waals surface area (Å²) in [7, 11) is 0. The van der Waals surface area contributed by atoms with Crippen molar-refractivity contribution in [1.82, 2.24) is 0 Å². The van der Waals surface area contributed by atoms with Crippen LogP contribution < -0.4 is 10.5 Å². The highest BCUT2D eigenvalue weighted by Crippen LogP contribution is 2.23. The summed E-state index contributed by atoms with van der Waals surface area (Å²) < 4.78 is 18.8. The van der Waals surface area contributed by atoms with E-state index in [9.17, 15) is 9.50 Å². The Morgan fingerprint density at radius 2 is 1.78 bits per heavy atom. The summed E-state index contributed by atoms with van der Waals surface area (Å²) in [6, 6.07) is 13.0. The lowest BCUT2D eigenvalue weighted by Gasteiger charge is -2.23. The van der Waals surface area contributed by atoms with Gasteiger partial charge >= 0.3 is 0 Å². The van der Waals surface area contributed by atoms with Crippen molar-refractivity contribution in [3.05, 3.63) is 65.5 Å². The Hall–Kier alpha value is -1.91. The normalized spacial score (nSPS) is 14.3. The van der Waals surface area contributed by atoms with Gasteiger partial charge in [-0.1, -0.05) is 24.3 Å². The molecule has 2 rings (SSSR count). The maximum Gasteiger partial charge on any atom is 0.123 e. The smallest absolute Gasteiger partial charge is 0.123 e. The van der Waals surface area contributed by atoms with E-state index in [-0.39, 0.29) is 11.4 Å². The minimum Gasteiger partial charge on any atom is -0.488 e. The summed E-state index contributed by atoms with van der Waals surface area (Å²) in [6.45, 7) is 5.97. The van der Waals surface area contributed by atoms with Crippen LogP contribution in [-0.2, 0) is 6.42 Å². The van der Waals surface area contributed by atoms with Crippen molar-refractivity contribution in [2.24, 2.45) is 5.73 Å². The van der Waals surface area contributed by atoms with Gasteiger partial charge in [0.05, 0.1) is 6.10 Å². The molecule has 3 nitrogen and oxygen atoms in total. The molecule has 0 saturated heterocycles.